The lowest BCUT2D eigenvalue weighted by Crippen LogP contribution is -2.29. The summed E-state index contributed by atoms with van der Waals surface area (Å²) in [6, 6.07) is 0.189. The van der Waals surface area contributed by atoms with E-state index in [1.54, 1.807) is 0 Å². The maximum Gasteiger partial charge on any atom is 0.147 e. The van der Waals surface area contributed by atoms with Gasteiger partial charge in [-0.05, 0) is 31.1 Å². The van der Waals surface area contributed by atoms with Crippen LogP contribution in [0.15, 0.2) is 0 Å². The van der Waals surface area contributed by atoms with Gasteiger partial charge in [0.05, 0.1) is 0 Å². The molecule has 1 fully saturated rings. The van der Waals surface area contributed by atoms with E-state index in [2.05, 4.69) is 6.92 Å². The van der Waals surface area contributed by atoms with Gasteiger partial charge in [-0.3, -0.25) is 0 Å². The van der Waals surface area contributed by atoms with E-state index in [-0.39, 0.29) is 11.8 Å². The molecule has 0 saturated heterocycles. The molecule has 0 spiro atoms. The second-order valence-electron chi connectivity index (χ2n) is 4.53. The van der Waals surface area contributed by atoms with Gasteiger partial charge in [-0.1, -0.05) is 6.92 Å². The first-order valence-corrected chi connectivity index (χ1v) is 6.83. The van der Waals surface area contributed by atoms with E-state index >= 15 is 0 Å². The van der Waals surface area contributed by atoms with E-state index in [1.807, 2.05) is 0 Å². The van der Waals surface area contributed by atoms with Crippen LogP contribution in [0.3, 0.4) is 0 Å². The fourth-order valence-corrected chi connectivity index (χ4v) is 2.17. The molecule has 0 amide bonds. The molecule has 13 heavy (non-hydrogen) atoms. The van der Waals surface area contributed by atoms with Crippen molar-refractivity contribution in [2.75, 3.05) is 12.0 Å². The highest BCUT2D eigenvalue weighted by Gasteiger charge is 2.42. The Kier molecular flexibility index (Phi) is 3.02. The first kappa shape index (κ1) is 11.0. The van der Waals surface area contributed by atoms with E-state index < -0.39 is 9.84 Å². The summed E-state index contributed by atoms with van der Waals surface area (Å²) in [5, 5.41) is 0. The van der Waals surface area contributed by atoms with Gasteiger partial charge >= 0.3 is 0 Å². The molecule has 78 valence electrons. The van der Waals surface area contributed by atoms with Crippen LogP contribution in [0, 0.1) is 5.41 Å². The molecule has 1 atom stereocenters. The average Bonchev–Trinajstić information content (AvgIpc) is 2.66. The number of nitrogens with two attached hydrogens (primary N) is 1. The predicted molar refractivity (Wildman–Crippen MR) is 54.3 cm³/mol. The van der Waals surface area contributed by atoms with Crippen molar-refractivity contribution in [3.63, 3.8) is 0 Å². The van der Waals surface area contributed by atoms with E-state index in [0.29, 0.717) is 11.8 Å². The number of hydrogen-bond acceptors (Lipinski definition) is 3. The van der Waals surface area contributed by atoms with Gasteiger partial charge < -0.3 is 5.73 Å². The normalized spacial score (nSPS) is 22.7. The van der Waals surface area contributed by atoms with Crippen molar-refractivity contribution in [2.24, 2.45) is 11.1 Å². The van der Waals surface area contributed by atoms with Gasteiger partial charge in [0.2, 0.25) is 0 Å². The Bertz CT molecular complexity index is 267. The molecular formula is C9H19NO2S. The summed E-state index contributed by atoms with van der Waals surface area (Å²) >= 11 is 0. The third kappa shape index (κ3) is 3.65. The Morgan fingerprint density at radius 1 is 1.46 bits per heavy atom. The highest BCUT2D eigenvalue weighted by Crippen LogP contribution is 2.48. The lowest BCUT2D eigenvalue weighted by molar-refractivity contribution is 0.408. The Morgan fingerprint density at radius 2 is 2.00 bits per heavy atom. The van der Waals surface area contributed by atoms with Gasteiger partial charge in [-0.25, -0.2) is 8.42 Å². The molecule has 3 nitrogen and oxygen atoms in total. The van der Waals surface area contributed by atoms with Gasteiger partial charge in [0.1, 0.15) is 9.84 Å². The maximum atomic E-state index is 10.8. The number of hydrogen-bond donors (Lipinski definition) is 1. The lowest BCUT2D eigenvalue weighted by atomic mass is 9.96. The van der Waals surface area contributed by atoms with E-state index in [4.69, 9.17) is 5.73 Å². The van der Waals surface area contributed by atoms with Gasteiger partial charge in [0, 0.05) is 18.1 Å². The summed E-state index contributed by atoms with van der Waals surface area (Å²) in [5.74, 6) is 0.275. The van der Waals surface area contributed by atoms with Crippen LogP contribution in [0.25, 0.3) is 0 Å². The molecule has 0 heterocycles. The van der Waals surface area contributed by atoms with Gasteiger partial charge in [-0.15, -0.1) is 0 Å². The highest BCUT2D eigenvalue weighted by atomic mass is 32.2. The zero-order chi connectivity index (χ0) is 10.1. The minimum absolute atomic E-state index is 0.189. The SMILES string of the molecule is CC1(C(N)CCCS(C)(=O)=O)CC1. The van der Waals surface area contributed by atoms with E-state index in [9.17, 15) is 8.42 Å². The lowest BCUT2D eigenvalue weighted by Gasteiger charge is -2.17. The topological polar surface area (TPSA) is 60.2 Å². The smallest absolute Gasteiger partial charge is 0.147 e. The van der Waals surface area contributed by atoms with Crippen molar-refractivity contribution >= 4 is 9.84 Å². The summed E-state index contributed by atoms with van der Waals surface area (Å²) in [4.78, 5) is 0. The molecule has 1 saturated carbocycles. The Labute approximate surface area is 80.6 Å². The van der Waals surface area contributed by atoms with Crippen LogP contribution in [0.2, 0.25) is 0 Å². The molecule has 1 aliphatic carbocycles. The van der Waals surface area contributed by atoms with Crippen molar-refractivity contribution < 1.29 is 8.42 Å². The zero-order valence-corrected chi connectivity index (χ0v) is 9.23. The molecule has 1 aliphatic rings. The summed E-state index contributed by atoms with van der Waals surface area (Å²) in [5.41, 5.74) is 6.26. The second-order valence-corrected chi connectivity index (χ2v) is 6.79. The highest BCUT2D eigenvalue weighted by molar-refractivity contribution is 7.90. The minimum atomic E-state index is -2.80. The third-order valence-electron chi connectivity index (χ3n) is 2.96. The Morgan fingerprint density at radius 3 is 2.38 bits per heavy atom. The summed E-state index contributed by atoms with van der Waals surface area (Å²) in [7, 11) is -2.80. The first-order chi connectivity index (χ1) is 5.83. The standard InChI is InChI=1S/C9H19NO2S/c1-9(5-6-9)8(10)4-3-7-13(2,11)12/h8H,3-7,10H2,1-2H3. The average molecular weight is 205 g/mol. The van der Waals surface area contributed by atoms with Crippen LogP contribution >= 0.6 is 0 Å². The number of sulfone groups is 1. The monoisotopic (exact) mass is 205 g/mol. The van der Waals surface area contributed by atoms with Crippen LogP contribution in [0.1, 0.15) is 32.6 Å². The Balaban J connectivity index is 2.20. The van der Waals surface area contributed by atoms with Crippen molar-refractivity contribution in [1.82, 2.24) is 0 Å². The molecule has 0 aromatic carbocycles. The first-order valence-electron chi connectivity index (χ1n) is 4.77. The van der Waals surface area contributed by atoms with Crippen molar-refractivity contribution in [3.8, 4) is 0 Å². The quantitative estimate of drug-likeness (QED) is 0.726. The van der Waals surface area contributed by atoms with Gasteiger partial charge in [-0.2, -0.15) is 0 Å². The van der Waals surface area contributed by atoms with Crippen molar-refractivity contribution in [1.29, 1.82) is 0 Å². The molecule has 0 aromatic rings. The van der Waals surface area contributed by atoms with Crippen molar-refractivity contribution in [3.05, 3.63) is 0 Å². The molecule has 0 bridgehead atoms. The fraction of sp³-hybridized carbons (Fsp3) is 1.00. The van der Waals surface area contributed by atoms with Crippen LogP contribution in [-0.4, -0.2) is 26.5 Å². The van der Waals surface area contributed by atoms with Gasteiger partial charge in [0.15, 0.2) is 0 Å². The summed E-state index contributed by atoms with van der Waals surface area (Å²) in [6.07, 6.45) is 5.22. The van der Waals surface area contributed by atoms with Gasteiger partial charge in [0.25, 0.3) is 0 Å². The fourth-order valence-electron chi connectivity index (χ4n) is 1.48. The molecule has 2 N–H and O–H groups in total. The minimum Gasteiger partial charge on any atom is -0.327 e. The second kappa shape index (κ2) is 3.58. The molecule has 4 heteroatoms. The third-order valence-corrected chi connectivity index (χ3v) is 3.99. The number of rotatable bonds is 5. The maximum absolute atomic E-state index is 10.8. The molecule has 0 radical (unpaired) electrons. The van der Waals surface area contributed by atoms with Crippen LogP contribution in [-0.2, 0) is 9.84 Å². The van der Waals surface area contributed by atoms with E-state index in [1.165, 1.54) is 19.1 Å². The predicted octanol–water partition coefficient (Wildman–Crippen LogP) is 0.939. The van der Waals surface area contributed by atoms with Crippen LogP contribution in [0.4, 0.5) is 0 Å². The zero-order valence-electron chi connectivity index (χ0n) is 8.41. The van der Waals surface area contributed by atoms with Crippen LogP contribution < -0.4 is 5.73 Å². The molecule has 0 aliphatic heterocycles. The largest absolute Gasteiger partial charge is 0.327 e. The summed E-state index contributed by atoms with van der Waals surface area (Å²) in [6.45, 7) is 2.18. The van der Waals surface area contributed by atoms with E-state index in [0.717, 1.165) is 6.42 Å². The molecule has 1 rings (SSSR count). The Hall–Kier alpha value is -0.0900. The van der Waals surface area contributed by atoms with Crippen LogP contribution in [0.5, 0.6) is 0 Å². The van der Waals surface area contributed by atoms with Crippen molar-refractivity contribution in [2.45, 2.75) is 38.6 Å². The molecule has 0 aromatic heterocycles. The molecule has 1 unspecified atom stereocenters. The molecular weight excluding hydrogens is 186 g/mol. The summed E-state index contributed by atoms with van der Waals surface area (Å²) < 4.78 is 21.7.